The maximum absolute atomic E-state index is 11.7. The van der Waals surface area contributed by atoms with E-state index >= 15 is 0 Å². The van der Waals surface area contributed by atoms with Gasteiger partial charge < -0.3 is 9.22 Å². The number of carbonyl (C=O) groups is 1. The van der Waals surface area contributed by atoms with Crippen molar-refractivity contribution in [3.63, 3.8) is 0 Å². The Morgan fingerprint density at radius 2 is 0.861 bits per heavy atom. The highest BCUT2D eigenvalue weighted by molar-refractivity contribution is 5.81. The van der Waals surface area contributed by atoms with Gasteiger partial charge in [-0.2, -0.15) is 0 Å². The van der Waals surface area contributed by atoms with Crippen LogP contribution in [0.15, 0.2) is 12.7 Å². The van der Waals surface area contributed by atoms with Gasteiger partial charge in [0.05, 0.1) is 19.6 Å². The fraction of sp³-hybridized carbons (Fsp3) is 0.909. The fourth-order valence-corrected chi connectivity index (χ4v) is 5.43. The number of ether oxygens (including phenoxy) is 1. The second-order valence-electron chi connectivity index (χ2n) is 11.3. The van der Waals surface area contributed by atoms with Crippen LogP contribution in [-0.4, -0.2) is 43.2 Å². The van der Waals surface area contributed by atoms with E-state index in [-0.39, 0.29) is 5.97 Å². The molecular weight excluding hydrogens is 442 g/mol. The molecule has 0 aromatic carbocycles. The van der Waals surface area contributed by atoms with Crippen LogP contribution in [0, 0.1) is 0 Å². The van der Waals surface area contributed by atoms with E-state index in [2.05, 4.69) is 27.4 Å². The molecule has 0 aliphatic heterocycles. The van der Waals surface area contributed by atoms with Crippen molar-refractivity contribution in [2.75, 3.05) is 32.8 Å². The summed E-state index contributed by atoms with van der Waals surface area (Å²) in [6.07, 6.45) is 31.5. The summed E-state index contributed by atoms with van der Waals surface area (Å²) in [4.78, 5) is 11.7. The zero-order valence-corrected chi connectivity index (χ0v) is 25.1. The summed E-state index contributed by atoms with van der Waals surface area (Å²) >= 11 is 0. The van der Waals surface area contributed by atoms with Gasteiger partial charge in [-0.1, -0.05) is 137 Å². The predicted molar refractivity (Wildman–Crippen MR) is 159 cm³/mol. The minimum Gasteiger partial charge on any atom is -0.457 e. The summed E-state index contributed by atoms with van der Waals surface area (Å²) in [5.74, 6) is -0.276. The number of rotatable bonds is 29. The van der Waals surface area contributed by atoms with Gasteiger partial charge in [0.25, 0.3) is 0 Å². The van der Waals surface area contributed by atoms with Crippen LogP contribution in [0.3, 0.4) is 0 Å². The van der Waals surface area contributed by atoms with Crippen LogP contribution >= 0.6 is 0 Å². The molecule has 0 radical (unpaired) electrons. The monoisotopic (exact) mass is 509 g/mol. The van der Waals surface area contributed by atoms with E-state index in [1.807, 2.05) is 0 Å². The quantitative estimate of drug-likeness (QED) is 0.0434. The van der Waals surface area contributed by atoms with E-state index in [1.165, 1.54) is 167 Å². The van der Waals surface area contributed by atoms with Crippen LogP contribution in [-0.2, 0) is 9.53 Å². The number of nitrogens with zero attached hydrogens (tertiary/aromatic N) is 1. The Hall–Kier alpha value is -0.830. The Kier molecular flexibility index (Phi) is 26.6. The first-order valence-electron chi connectivity index (χ1n) is 16.3. The molecule has 0 aromatic heterocycles. The number of quaternary nitrogens is 1. The molecule has 0 heterocycles. The Morgan fingerprint density at radius 1 is 0.528 bits per heavy atom. The maximum Gasteiger partial charge on any atom is 0.330 e. The van der Waals surface area contributed by atoms with E-state index in [0.29, 0.717) is 6.61 Å². The van der Waals surface area contributed by atoms with E-state index in [9.17, 15) is 4.79 Å². The highest BCUT2D eigenvalue weighted by Gasteiger charge is 2.26. The maximum atomic E-state index is 11.7. The Labute approximate surface area is 227 Å². The molecule has 0 amide bonds. The van der Waals surface area contributed by atoms with Crippen LogP contribution in [0.5, 0.6) is 0 Å². The second kappa shape index (κ2) is 27.2. The summed E-state index contributed by atoms with van der Waals surface area (Å²) in [6.45, 7) is 15.7. The molecule has 0 bridgehead atoms. The number of unbranched alkanes of at least 4 members (excludes halogenated alkanes) is 19. The molecule has 0 saturated carbocycles. The van der Waals surface area contributed by atoms with Crippen molar-refractivity contribution in [3.05, 3.63) is 12.7 Å². The van der Waals surface area contributed by atoms with Gasteiger partial charge >= 0.3 is 5.97 Å². The third-order valence-electron chi connectivity index (χ3n) is 7.93. The van der Waals surface area contributed by atoms with E-state index in [4.69, 9.17) is 4.74 Å². The average molecular weight is 509 g/mol. The minimum absolute atomic E-state index is 0.276. The molecule has 0 atom stereocenters. The lowest BCUT2D eigenvalue weighted by Crippen LogP contribution is -2.52. The molecule has 0 N–H and O–H groups in total. The largest absolute Gasteiger partial charge is 0.457 e. The van der Waals surface area contributed by atoms with Gasteiger partial charge in [0.1, 0.15) is 13.2 Å². The smallest absolute Gasteiger partial charge is 0.330 e. The highest BCUT2D eigenvalue weighted by atomic mass is 16.5. The van der Waals surface area contributed by atoms with Crippen LogP contribution in [0.1, 0.15) is 162 Å². The lowest BCUT2D eigenvalue weighted by atomic mass is 10.0. The van der Waals surface area contributed by atoms with Crippen LogP contribution in [0.25, 0.3) is 0 Å². The Balaban J connectivity index is 4.45. The fourth-order valence-electron chi connectivity index (χ4n) is 5.43. The van der Waals surface area contributed by atoms with Crippen molar-refractivity contribution in [3.8, 4) is 0 Å². The van der Waals surface area contributed by atoms with Crippen LogP contribution in [0.4, 0.5) is 0 Å². The zero-order valence-electron chi connectivity index (χ0n) is 25.1. The van der Waals surface area contributed by atoms with Crippen molar-refractivity contribution >= 4 is 5.97 Å². The van der Waals surface area contributed by atoms with Crippen molar-refractivity contribution in [1.29, 1.82) is 0 Å². The molecule has 0 saturated heterocycles. The molecule has 0 unspecified atom stereocenters. The molecular formula is C33H66NO2+. The molecule has 36 heavy (non-hydrogen) atoms. The predicted octanol–water partition coefficient (Wildman–Crippen LogP) is 10.2. The number of hydrogen-bond acceptors (Lipinski definition) is 2. The zero-order chi connectivity index (χ0) is 26.6. The SMILES string of the molecule is C=CC(=O)OCC[N+](CCCC)(CCCCCCCCCCCC)CCCCCCCCCCCC. The van der Waals surface area contributed by atoms with Crippen LogP contribution < -0.4 is 0 Å². The topological polar surface area (TPSA) is 26.3 Å². The van der Waals surface area contributed by atoms with E-state index in [1.54, 1.807) is 0 Å². The second-order valence-corrected chi connectivity index (χ2v) is 11.3. The molecule has 0 aliphatic carbocycles. The van der Waals surface area contributed by atoms with E-state index < -0.39 is 0 Å². The molecule has 0 fully saturated rings. The first-order chi connectivity index (χ1) is 17.6. The number of hydrogen-bond donors (Lipinski definition) is 0. The lowest BCUT2D eigenvalue weighted by Gasteiger charge is -2.39. The summed E-state index contributed by atoms with van der Waals surface area (Å²) in [6, 6.07) is 0. The highest BCUT2D eigenvalue weighted by Crippen LogP contribution is 2.18. The summed E-state index contributed by atoms with van der Waals surface area (Å²) in [5, 5.41) is 0. The van der Waals surface area contributed by atoms with Crippen molar-refractivity contribution in [2.24, 2.45) is 0 Å². The average Bonchev–Trinajstić information content (AvgIpc) is 2.89. The van der Waals surface area contributed by atoms with Crippen molar-refractivity contribution in [1.82, 2.24) is 0 Å². The van der Waals surface area contributed by atoms with Gasteiger partial charge in [0, 0.05) is 6.08 Å². The first kappa shape index (κ1) is 35.2. The van der Waals surface area contributed by atoms with Gasteiger partial charge in [-0.05, 0) is 32.1 Å². The normalized spacial score (nSPS) is 11.6. The molecule has 0 aliphatic rings. The third-order valence-corrected chi connectivity index (χ3v) is 7.93. The molecule has 0 aromatic rings. The van der Waals surface area contributed by atoms with Crippen molar-refractivity contribution < 1.29 is 14.0 Å². The summed E-state index contributed by atoms with van der Waals surface area (Å²) in [7, 11) is 0. The van der Waals surface area contributed by atoms with Crippen LogP contribution in [0.2, 0.25) is 0 Å². The Bertz CT molecular complexity index is 452. The minimum atomic E-state index is -0.276. The standard InChI is InChI=1S/C33H66NO2/c1-5-9-12-14-16-18-20-22-24-26-29-34(28-11-7-3,31-32-36-33(35)8-4)30-27-25-23-21-19-17-15-13-10-6-2/h8H,4-7,9-32H2,1-3H3/q+1. The van der Waals surface area contributed by atoms with Gasteiger partial charge in [0.15, 0.2) is 0 Å². The molecule has 0 spiro atoms. The Morgan fingerprint density at radius 3 is 1.22 bits per heavy atom. The first-order valence-corrected chi connectivity index (χ1v) is 16.3. The third kappa shape index (κ3) is 22.4. The molecule has 3 heteroatoms. The van der Waals surface area contributed by atoms with E-state index in [0.717, 1.165) is 11.0 Å². The summed E-state index contributed by atoms with van der Waals surface area (Å²) in [5.41, 5.74) is 0. The summed E-state index contributed by atoms with van der Waals surface area (Å²) < 4.78 is 6.60. The van der Waals surface area contributed by atoms with Crippen molar-refractivity contribution in [2.45, 2.75) is 162 Å². The van der Waals surface area contributed by atoms with Gasteiger partial charge in [-0.3, -0.25) is 0 Å². The van der Waals surface area contributed by atoms with Gasteiger partial charge in [-0.15, -0.1) is 0 Å². The molecule has 3 nitrogen and oxygen atoms in total. The molecule has 214 valence electrons. The molecule has 0 rings (SSSR count). The van der Waals surface area contributed by atoms with Gasteiger partial charge in [-0.25, -0.2) is 4.79 Å². The number of esters is 1. The lowest BCUT2D eigenvalue weighted by molar-refractivity contribution is -0.929. The number of carbonyl (C=O) groups excluding carboxylic acids is 1. The van der Waals surface area contributed by atoms with Gasteiger partial charge in [0.2, 0.25) is 0 Å².